The summed E-state index contributed by atoms with van der Waals surface area (Å²) in [5.41, 5.74) is 1.91. The molecule has 2 saturated heterocycles. The summed E-state index contributed by atoms with van der Waals surface area (Å²) in [5, 5.41) is 16.4. The van der Waals surface area contributed by atoms with Crippen molar-refractivity contribution in [1.82, 2.24) is 15.2 Å². The molecule has 2 atom stereocenters. The first-order chi connectivity index (χ1) is 13.7. The number of rotatable bonds is 4. The van der Waals surface area contributed by atoms with Gasteiger partial charge in [-0.3, -0.25) is 14.6 Å². The molecule has 3 heterocycles. The van der Waals surface area contributed by atoms with Gasteiger partial charge in [0.25, 0.3) is 0 Å². The van der Waals surface area contributed by atoms with Crippen LogP contribution in [0.15, 0.2) is 30.3 Å². The molecule has 2 aliphatic heterocycles. The Bertz CT molecular complexity index is 945. The first-order valence-corrected chi connectivity index (χ1v) is 9.75. The minimum atomic E-state index is -0.365. The average Bonchev–Trinajstić information content (AvgIpc) is 3.40. The molecule has 0 aliphatic carbocycles. The van der Waals surface area contributed by atoms with E-state index < -0.39 is 0 Å². The number of benzene rings is 1. The summed E-state index contributed by atoms with van der Waals surface area (Å²) in [6, 6.07) is 11.4. The Balaban J connectivity index is 1.62. The van der Waals surface area contributed by atoms with Crippen LogP contribution in [-0.4, -0.2) is 47.4 Å². The Morgan fingerprint density at radius 3 is 2.96 bits per heavy atom. The van der Waals surface area contributed by atoms with Crippen LogP contribution >= 0.6 is 0 Å². The van der Waals surface area contributed by atoms with Gasteiger partial charge < -0.3 is 15.5 Å². The number of anilines is 1. The fourth-order valence-electron chi connectivity index (χ4n) is 3.96. The third-order valence-electron chi connectivity index (χ3n) is 5.53. The summed E-state index contributed by atoms with van der Waals surface area (Å²) >= 11 is 0. The molecule has 0 spiro atoms. The molecular weight excluding hydrogens is 354 g/mol. The fraction of sp³-hybridized carbons (Fsp3) is 0.429. The zero-order valence-corrected chi connectivity index (χ0v) is 15.6. The number of pyridine rings is 1. The molecule has 2 N–H and O–H groups in total. The van der Waals surface area contributed by atoms with Crippen molar-refractivity contribution in [3.05, 3.63) is 36.0 Å². The highest BCUT2D eigenvalue weighted by Crippen LogP contribution is 2.25. The van der Waals surface area contributed by atoms with Gasteiger partial charge in [-0.15, -0.1) is 0 Å². The summed E-state index contributed by atoms with van der Waals surface area (Å²) < 4.78 is 0. The second kappa shape index (κ2) is 7.95. The van der Waals surface area contributed by atoms with Crippen LogP contribution in [0.5, 0.6) is 0 Å². The largest absolute Gasteiger partial charge is 0.326 e. The molecule has 7 heteroatoms. The number of carbonyl (C=O) groups is 2. The number of hydrogen-bond acceptors (Lipinski definition) is 5. The molecule has 0 bridgehead atoms. The normalized spacial score (nSPS) is 21.6. The van der Waals surface area contributed by atoms with Crippen LogP contribution in [0.3, 0.4) is 0 Å². The number of hydrogen-bond donors (Lipinski definition) is 2. The van der Waals surface area contributed by atoms with Crippen molar-refractivity contribution in [3.8, 4) is 6.07 Å². The summed E-state index contributed by atoms with van der Waals surface area (Å²) in [6.45, 7) is 2.10. The molecule has 2 aliphatic rings. The molecule has 4 rings (SSSR count). The first kappa shape index (κ1) is 18.4. The van der Waals surface area contributed by atoms with E-state index in [9.17, 15) is 14.9 Å². The summed E-state index contributed by atoms with van der Waals surface area (Å²) in [4.78, 5) is 31.7. The molecule has 0 radical (unpaired) electrons. The minimum Gasteiger partial charge on any atom is -0.326 e. The Morgan fingerprint density at radius 2 is 2.18 bits per heavy atom. The lowest BCUT2D eigenvalue weighted by Gasteiger charge is -2.20. The van der Waals surface area contributed by atoms with Crippen molar-refractivity contribution >= 4 is 28.4 Å². The van der Waals surface area contributed by atoms with Gasteiger partial charge in [0.2, 0.25) is 11.8 Å². The van der Waals surface area contributed by atoms with E-state index in [-0.39, 0.29) is 30.2 Å². The van der Waals surface area contributed by atoms with Crippen LogP contribution < -0.4 is 10.6 Å². The van der Waals surface area contributed by atoms with Gasteiger partial charge in [-0.05, 0) is 37.9 Å². The number of nitriles is 1. The summed E-state index contributed by atoms with van der Waals surface area (Å²) in [5.74, 6) is -0.242. The molecular formula is C21H23N5O2. The Hall–Kier alpha value is -2.98. The van der Waals surface area contributed by atoms with Gasteiger partial charge in [0.15, 0.2) is 0 Å². The Kier molecular flexibility index (Phi) is 5.22. The SMILES string of the molecule is N#C[C@@H]1CCCN1C(=O)Cc1nc2ccccc2cc1NC(=O)[C@@H]1CCNC1. The zero-order valence-electron chi connectivity index (χ0n) is 15.6. The summed E-state index contributed by atoms with van der Waals surface area (Å²) in [6.07, 6.45) is 2.43. The van der Waals surface area contributed by atoms with Gasteiger partial charge in [0, 0.05) is 18.5 Å². The van der Waals surface area contributed by atoms with Crippen LogP contribution in [-0.2, 0) is 16.0 Å². The summed E-state index contributed by atoms with van der Waals surface area (Å²) in [7, 11) is 0. The molecule has 1 aromatic carbocycles. The van der Waals surface area contributed by atoms with E-state index in [1.54, 1.807) is 4.90 Å². The zero-order chi connectivity index (χ0) is 19.5. The van der Waals surface area contributed by atoms with Crippen LogP contribution in [0.25, 0.3) is 10.9 Å². The third-order valence-corrected chi connectivity index (χ3v) is 5.53. The fourth-order valence-corrected chi connectivity index (χ4v) is 3.96. The van der Waals surface area contributed by atoms with Crippen LogP contribution in [0.4, 0.5) is 5.69 Å². The topological polar surface area (TPSA) is 98.1 Å². The van der Waals surface area contributed by atoms with Crippen LogP contribution in [0, 0.1) is 17.2 Å². The predicted octanol–water partition coefficient (Wildman–Crippen LogP) is 1.84. The lowest BCUT2D eigenvalue weighted by molar-refractivity contribution is -0.130. The maximum absolute atomic E-state index is 12.8. The number of likely N-dealkylation sites (tertiary alicyclic amines) is 1. The molecule has 0 unspecified atom stereocenters. The highest BCUT2D eigenvalue weighted by Gasteiger charge is 2.30. The molecule has 1 aromatic heterocycles. The molecule has 0 saturated carbocycles. The van der Waals surface area contributed by atoms with E-state index in [0.29, 0.717) is 30.9 Å². The van der Waals surface area contributed by atoms with Crippen molar-refractivity contribution in [2.75, 3.05) is 25.0 Å². The molecule has 2 fully saturated rings. The smallest absolute Gasteiger partial charge is 0.229 e. The number of amides is 2. The van der Waals surface area contributed by atoms with Gasteiger partial charge in [0.05, 0.1) is 35.3 Å². The van der Waals surface area contributed by atoms with Crippen molar-refractivity contribution in [3.63, 3.8) is 0 Å². The monoisotopic (exact) mass is 377 g/mol. The quantitative estimate of drug-likeness (QED) is 0.847. The second-order valence-electron chi connectivity index (χ2n) is 7.41. The Labute approximate surface area is 163 Å². The lowest BCUT2D eigenvalue weighted by atomic mass is 10.1. The number of fused-ring (bicyclic) bond motifs is 1. The number of nitrogens with zero attached hydrogens (tertiary/aromatic N) is 3. The molecule has 7 nitrogen and oxygen atoms in total. The lowest BCUT2D eigenvalue weighted by Crippen LogP contribution is -2.36. The van der Waals surface area contributed by atoms with Crippen LogP contribution in [0.2, 0.25) is 0 Å². The van der Waals surface area contributed by atoms with Crippen LogP contribution in [0.1, 0.15) is 25.0 Å². The maximum Gasteiger partial charge on any atom is 0.229 e. The molecule has 2 aromatic rings. The van der Waals surface area contributed by atoms with E-state index >= 15 is 0 Å². The third kappa shape index (κ3) is 3.69. The number of para-hydroxylation sites is 1. The maximum atomic E-state index is 12.8. The minimum absolute atomic E-state index is 0.0492. The number of nitrogens with one attached hydrogen (secondary N) is 2. The van der Waals surface area contributed by atoms with E-state index in [0.717, 1.165) is 30.3 Å². The van der Waals surface area contributed by atoms with Crippen molar-refractivity contribution in [2.45, 2.75) is 31.7 Å². The van der Waals surface area contributed by atoms with E-state index in [1.807, 2.05) is 30.3 Å². The average molecular weight is 377 g/mol. The first-order valence-electron chi connectivity index (χ1n) is 9.75. The van der Waals surface area contributed by atoms with Gasteiger partial charge in [0.1, 0.15) is 6.04 Å². The molecule has 144 valence electrons. The highest BCUT2D eigenvalue weighted by molar-refractivity contribution is 5.96. The number of carbonyl (C=O) groups excluding carboxylic acids is 2. The van der Waals surface area contributed by atoms with E-state index in [4.69, 9.17) is 0 Å². The molecule has 28 heavy (non-hydrogen) atoms. The van der Waals surface area contributed by atoms with Crippen molar-refractivity contribution < 1.29 is 9.59 Å². The standard InChI is InChI=1S/C21H23N5O2/c22-12-16-5-3-9-26(16)20(27)11-19-18(25-21(28)15-7-8-23-13-15)10-14-4-1-2-6-17(14)24-19/h1-2,4,6,10,15-16,23H,3,5,7-9,11,13H2,(H,25,28)/t15-,16+/m1/s1. The van der Waals surface area contributed by atoms with Gasteiger partial charge in [-0.1, -0.05) is 18.2 Å². The second-order valence-corrected chi connectivity index (χ2v) is 7.41. The van der Waals surface area contributed by atoms with Crippen molar-refractivity contribution in [2.24, 2.45) is 5.92 Å². The highest BCUT2D eigenvalue weighted by atomic mass is 16.2. The van der Waals surface area contributed by atoms with E-state index in [2.05, 4.69) is 21.7 Å². The van der Waals surface area contributed by atoms with Gasteiger partial charge in [-0.25, -0.2) is 0 Å². The van der Waals surface area contributed by atoms with Gasteiger partial charge >= 0.3 is 0 Å². The van der Waals surface area contributed by atoms with Gasteiger partial charge in [-0.2, -0.15) is 5.26 Å². The Morgan fingerprint density at radius 1 is 1.32 bits per heavy atom. The molecule has 2 amide bonds. The predicted molar refractivity (Wildman–Crippen MR) is 105 cm³/mol. The van der Waals surface area contributed by atoms with Crippen molar-refractivity contribution in [1.29, 1.82) is 5.26 Å². The van der Waals surface area contributed by atoms with E-state index in [1.165, 1.54) is 0 Å². The number of aromatic nitrogens is 1.